The average molecular weight is 329 g/mol. The van der Waals surface area contributed by atoms with Crippen molar-refractivity contribution < 1.29 is 33.8 Å². The number of carbonyl (C=O) groups excluding carboxylic acids is 3. The van der Waals surface area contributed by atoms with Crippen molar-refractivity contribution in [3.63, 3.8) is 0 Å². The molecule has 2 N–H and O–H groups in total. The molecule has 0 aromatic rings. The number of rotatable bonds is 9. The van der Waals surface area contributed by atoms with E-state index in [-0.39, 0.29) is 12.8 Å². The normalized spacial score (nSPS) is 12.5. The van der Waals surface area contributed by atoms with E-state index in [1.807, 2.05) is 0 Å². The van der Waals surface area contributed by atoms with Crippen LogP contribution in [0.2, 0.25) is 0 Å². The van der Waals surface area contributed by atoms with Gasteiger partial charge in [0.25, 0.3) is 6.72 Å². The maximum absolute atomic E-state index is 11.6. The molecule has 128 valence electrons. The third-order valence-corrected chi connectivity index (χ3v) is 2.53. The van der Waals surface area contributed by atoms with Gasteiger partial charge in [0.15, 0.2) is 0 Å². The van der Waals surface area contributed by atoms with E-state index >= 15 is 0 Å². The van der Waals surface area contributed by atoms with Gasteiger partial charge >= 0.3 is 24.2 Å². The Morgan fingerprint density at radius 1 is 1.22 bits per heavy atom. The molecule has 0 spiro atoms. The second kappa shape index (κ2) is 10.1. The summed E-state index contributed by atoms with van der Waals surface area (Å²) in [5, 5.41) is 11.1. The number of Topliss-reactive ketones (excluding diaryl/α,β-unsaturated/α-hetero) is 1. The maximum atomic E-state index is 11.6. The summed E-state index contributed by atoms with van der Waals surface area (Å²) in [5.41, 5.74) is 0. The number of carbonyl (C=O) groups is 4. The lowest BCUT2D eigenvalue weighted by molar-refractivity contribution is -0.169. The summed E-state index contributed by atoms with van der Waals surface area (Å²) >= 11 is 0. The lowest BCUT2D eigenvalue weighted by atomic mass is 10.1. The molecule has 23 heavy (non-hydrogen) atoms. The molecule has 0 aliphatic carbocycles. The number of ether oxygens (including phenoxy) is 2. The van der Waals surface area contributed by atoms with Crippen LogP contribution < -0.4 is 9.98 Å². The molecule has 0 aromatic heterocycles. The van der Waals surface area contributed by atoms with Crippen molar-refractivity contribution in [2.75, 3.05) is 0 Å². The Hall–Kier alpha value is -2.67. The highest BCUT2D eigenvalue weighted by Gasteiger charge is 2.24. The number of hydrogen-bond donors (Lipinski definition) is 2. The van der Waals surface area contributed by atoms with Gasteiger partial charge in [-0.25, -0.2) is 9.59 Å². The van der Waals surface area contributed by atoms with Crippen LogP contribution in [-0.2, 0) is 23.9 Å². The summed E-state index contributed by atoms with van der Waals surface area (Å²) in [7, 11) is 0. The van der Waals surface area contributed by atoms with Crippen LogP contribution in [0.3, 0.4) is 0 Å². The van der Waals surface area contributed by atoms with Gasteiger partial charge in [0, 0.05) is 13.3 Å². The molecule has 0 bridgehead atoms. The summed E-state index contributed by atoms with van der Waals surface area (Å²) in [4.78, 5) is 45.2. The zero-order valence-electron chi connectivity index (χ0n) is 13.3. The highest BCUT2D eigenvalue weighted by molar-refractivity contribution is 6.27. The average Bonchev–Trinajstić information content (AvgIpc) is 2.42. The van der Waals surface area contributed by atoms with Crippen LogP contribution in [0.15, 0.2) is 0 Å². The van der Waals surface area contributed by atoms with Crippen LogP contribution >= 0.6 is 0 Å². The standard InChI is InChI=1S/C14H20N2O7/c1-8(2)13(20)22-9(3)23-14(21)16-11(12(18)19)6-5-10(17)7-15-4/h7-9,11H,4-6H2,1-3H3,(H-,16,18,19,21)/p+1/t9?,11-/m0/s1. The van der Waals surface area contributed by atoms with Crippen molar-refractivity contribution in [2.45, 2.75) is 45.9 Å². The minimum absolute atomic E-state index is 0.131. The third kappa shape index (κ3) is 9.05. The molecule has 0 aliphatic heterocycles. The quantitative estimate of drug-likeness (QED) is 0.261. The first-order valence-electron chi connectivity index (χ1n) is 6.89. The predicted molar refractivity (Wildman–Crippen MR) is 81.0 cm³/mol. The number of nitrogens with zero attached hydrogens (tertiary/aromatic N) is 1. The third-order valence-electron chi connectivity index (χ3n) is 2.53. The number of ketones is 1. The maximum Gasteiger partial charge on any atom is 0.410 e. The Labute approximate surface area is 133 Å². The summed E-state index contributed by atoms with van der Waals surface area (Å²) in [5.74, 6) is -2.69. The molecule has 9 heteroatoms. The van der Waals surface area contributed by atoms with Crippen LogP contribution in [0.25, 0.3) is 0 Å². The molecule has 1 amide bonds. The van der Waals surface area contributed by atoms with Gasteiger partial charge < -0.3 is 19.9 Å². The molecule has 0 saturated carbocycles. The fourth-order valence-corrected chi connectivity index (χ4v) is 1.36. The van der Waals surface area contributed by atoms with Gasteiger partial charge in [-0.05, 0) is 6.42 Å². The molecule has 0 radical (unpaired) electrons. The lowest BCUT2D eigenvalue weighted by Crippen LogP contribution is -2.42. The minimum Gasteiger partial charge on any atom is -0.480 e. The first-order chi connectivity index (χ1) is 10.7. The number of amides is 1. The largest absolute Gasteiger partial charge is 0.480 e. The smallest absolute Gasteiger partial charge is 0.410 e. The molecule has 0 aliphatic rings. The zero-order chi connectivity index (χ0) is 18.0. The molecule has 0 fully saturated rings. The number of hydrogen-bond acceptors (Lipinski definition) is 6. The van der Waals surface area contributed by atoms with E-state index < -0.39 is 42.1 Å². The van der Waals surface area contributed by atoms with E-state index in [4.69, 9.17) is 14.6 Å². The number of nitrogens with one attached hydrogen (secondary N) is 1. The van der Waals surface area contributed by atoms with Crippen molar-refractivity contribution in [3.8, 4) is 0 Å². The van der Waals surface area contributed by atoms with E-state index in [1.165, 1.54) is 6.92 Å². The second-order valence-corrected chi connectivity index (χ2v) is 4.92. The highest BCUT2D eigenvalue weighted by atomic mass is 16.7. The van der Waals surface area contributed by atoms with Gasteiger partial charge in [-0.15, -0.1) is 4.67 Å². The van der Waals surface area contributed by atoms with E-state index in [1.54, 1.807) is 13.8 Å². The number of alkyl carbamates (subject to hydrolysis) is 1. The Morgan fingerprint density at radius 2 is 1.83 bits per heavy atom. The Kier molecular flexibility index (Phi) is 8.95. The van der Waals surface area contributed by atoms with Crippen molar-refractivity contribution in [1.29, 1.82) is 0 Å². The van der Waals surface area contributed by atoms with Crippen LogP contribution in [0, 0.1) is 5.92 Å². The number of esters is 1. The van der Waals surface area contributed by atoms with E-state index in [0.717, 1.165) is 6.21 Å². The van der Waals surface area contributed by atoms with Gasteiger partial charge in [-0.2, -0.15) is 0 Å². The molecule has 1 unspecified atom stereocenters. The molecule has 0 saturated heterocycles. The lowest BCUT2D eigenvalue weighted by Gasteiger charge is -2.18. The van der Waals surface area contributed by atoms with Gasteiger partial charge in [-0.3, -0.25) is 9.59 Å². The molecule has 0 rings (SSSR count). The van der Waals surface area contributed by atoms with Crippen LogP contribution in [-0.4, -0.2) is 54.2 Å². The minimum atomic E-state index is -1.33. The Balaban J connectivity index is 4.45. The molecule has 0 aromatic carbocycles. The van der Waals surface area contributed by atoms with E-state index in [9.17, 15) is 19.2 Å². The first kappa shape index (κ1) is 20.3. The first-order valence-corrected chi connectivity index (χ1v) is 6.89. The van der Waals surface area contributed by atoms with Crippen molar-refractivity contribution >= 4 is 36.7 Å². The summed E-state index contributed by atoms with van der Waals surface area (Å²) in [6.45, 7) is 7.65. The second-order valence-electron chi connectivity index (χ2n) is 4.92. The SMILES string of the molecule is C=[N+]=CC(=O)CC[C@H](NC(=O)OC(C)OC(=O)C(C)C)C(=O)O. The Bertz CT molecular complexity index is 509. The fraction of sp³-hybridized carbons (Fsp3) is 0.571. The van der Waals surface area contributed by atoms with Crippen LogP contribution in [0.1, 0.15) is 33.6 Å². The van der Waals surface area contributed by atoms with E-state index in [0.29, 0.717) is 0 Å². The summed E-state index contributed by atoms with van der Waals surface area (Å²) in [6, 6.07) is -1.32. The molecule has 9 nitrogen and oxygen atoms in total. The molecule has 0 heterocycles. The zero-order valence-corrected chi connectivity index (χ0v) is 13.3. The van der Waals surface area contributed by atoms with Gasteiger partial charge in [0.05, 0.1) is 5.92 Å². The predicted octanol–water partition coefficient (Wildman–Crippen LogP) is -0.101. The van der Waals surface area contributed by atoms with Gasteiger partial charge in [-0.1, -0.05) is 13.8 Å². The Morgan fingerprint density at radius 3 is 2.30 bits per heavy atom. The molecular weight excluding hydrogens is 308 g/mol. The van der Waals surface area contributed by atoms with Crippen LogP contribution in [0.4, 0.5) is 4.79 Å². The monoisotopic (exact) mass is 329 g/mol. The number of carboxylic acid groups (broad SMARTS) is 1. The fourth-order valence-electron chi connectivity index (χ4n) is 1.36. The van der Waals surface area contributed by atoms with Crippen molar-refractivity contribution in [1.82, 2.24) is 9.98 Å². The number of carboxylic acids is 1. The van der Waals surface area contributed by atoms with Crippen molar-refractivity contribution in [3.05, 3.63) is 0 Å². The van der Waals surface area contributed by atoms with Gasteiger partial charge in [0.2, 0.25) is 12.1 Å². The van der Waals surface area contributed by atoms with Crippen molar-refractivity contribution in [2.24, 2.45) is 5.92 Å². The summed E-state index contributed by atoms with van der Waals surface area (Å²) < 4.78 is 12.8. The molecular formula is C14H21N2O7+. The van der Waals surface area contributed by atoms with Crippen LogP contribution in [0.5, 0.6) is 0 Å². The summed E-state index contributed by atoms with van der Waals surface area (Å²) in [6.07, 6.45) is -1.55. The number of aliphatic carboxylic acids is 1. The molecule has 2 atom stereocenters. The van der Waals surface area contributed by atoms with Gasteiger partial charge in [0.1, 0.15) is 6.04 Å². The topological polar surface area (TPSA) is 133 Å². The van der Waals surface area contributed by atoms with E-state index in [2.05, 4.69) is 16.7 Å². The highest BCUT2D eigenvalue weighted by Crippen LogP contribution is 2.04.